The van der Waals surface area contributed by atoms with Crippen molar-refractivity contribution in [3.8, 4) is 11.5 Å². The first kappa shape index (κ1) is 20.3. The molecule has 2 fully saturated rings. The molecule has 1 aliphatic heterocycles. The Morgan fingerprint density at radius 1 is 1.07 bits per heavy atom. The molecule has 0 amide bonds. The maximum Gasteiger partial charge on any atom is 0.258 e. The van der Waals surface area contributed by atoms with Gasteiger partial charge >= 0.3 is 0 Å². The number of benzene rings is 1. The molecule has 0 atom stereocenters. The fourth-order valence-electron chi connectivity index (χ4n) is 3.82. The van der Waals surface area contributed by atoms with Gasteiger partial charge in [0.25, 0.3) is 5.89 Å². The Balaban J connectivity index is 0.00000210. The maximum atomic E-state index is 12.9. The third-order valence-corrected chi connectivity index (χ3v) is 7.30. The number of piperidine rings is 1. The highest BCUT2D eigenvalue weighted by Gasteiger charge is 2.36. The van der Waals surface area contributed by atoms with E-state index in [2.05, 4.69) is 10.1 Å². The predicted octanol–water partition coefficient (Wildman–Crippen LogP) is 3.06. The SMILES string of the molecule is Cl.NC1(c2noc(-c3cccc(S(=O)(=O)N4CCCCC4)c3)n2)CCCC1. The number of hydrogen-bond donors (Lipinski definition) is 1. The minimum atomic E-state index is -3.49. The second-order valence-electron chi connectivity index (χ2n) is 7.28. The van der Waals surface area contributed by atoms with Crippen LogP contribution in [0.2, 0.25) is 0 Å². The summed E-state index contributed by atoms with van der Waals surface area (Å²) in [5.74, 6) is 0.821. The van der Waals surface area contributed by atoms with Crippen LogP contribution >= 0.6 is 12.4 Å². The van der Waals surface area contributed by atoms with E-state index in [1.165, 1.54) is 0 Å². The van der Waals surface area contributed by atoms with Crippen LogP contribution in [0.3, 0.4) is 0 Å². The molecule has 148 valence electrons. The molecule has 9 heteroatoms. The molecule has 2 N–H and O–H groups in total. The van der Waals surface area contributed by atoms with Gasteiger partial charge in [0.1, 0.15) is 0 Å². The Bertz CT molecular complexity index is 888. The van der Waals surface area contributed by atoms with Gasteiger partial charge in [-0.15, -0.1) is 12.4 Å². The van der Waals surface area contributed by atoms with Gasteiger partial charge in [-0.1, -0.05) is 30.5 Å². The molecule has 1 aliphatic carbocycles. The van der Waals surface area contributed by atoms with Crippen molar-refractivity contribution in [1.82, 2.24) is 14.4 Å². The zero-order valence-corrected chi connectivity index (χ0v) is 16.8. The van der Waals surface area contributed by atoms with Crippen molar-refractivity contribution >= 4 is 22.4 Å². The Morgan fingerprint density at radius 3 is 2.48 bits per heavy atom. The summed E-state index contributed by atoms with van der Waals surface area (Å²) in [6.07, 6.45) is 6.70. The lowest BCUT2D eigenvalue weighted by Gasteiger charge is -2.25. The first-order valence-corrected chi connectivity index (χ1v) is 10.7. The van der Waals surface area contributed by atoms with Gasteiger partial charge in [0.2, 0.25) is 10.0 Å². The molecule has 2 aliphatic rings. The number of aromatic nitrogens is 2. The predicted molar refractivity (Wildman–Crippen MR) is 104 cm³/mol. The summed E-state index contributed by atoms with van der Waals surface area (Å²) in [6.45, 7) is 1.15. The summed E-state index contributed by atoms with van der Waals surface area (Å²) < 4.78 is 32.7. The van der Waals surface area contributed by atoms with Crippen molar-refractivity contribution in [2.24, 2.45) is 5.73 Å². The second-order valence-corrected chi connectivity index (χ2v) is 9.22. The lowest BCUT2D eigenvalue weighted by atomic mass is 9.99. The molecule has 4 rings (SSSR count). The van der Waals surface area contributed by atoms with Crippen LogP contribution in [-0.4, -0.2) is 36.0 Å². The van der Waals surface area contributed by atoms with Crippen molar-refractivity contribution in [2.75, 3.05) is 13.1 Å². The molecular weight excluding hydrogens is 388 g/mol. The third-order valence-electron chi connectivity index (χ3n) is 5.40. The van der Waals surface area contributed by atoms with E-state index in [9.17, 15) is 8.42 Å². The topological polar surface area (TPSA) is 102 Å². The molecule has 2 heterocycles. The molecule has 7 nitrogen and oxygen atoms in total. The number of nitrogens with two attached hydrogens (primary N) is 1. The number of sulfonamides is 1. The fourth-order valence-corrected chi connectivity index (χ4v) is 5.38. The monoisotopic (exact) mass is 412 g/mol. The smallest absolute Gasteiger partial charge is 0.258 e. The molecule has 1 aromatic heterocycles. The zero-order valence-electron chi connectivity index (χ0n) is 15.1. The molecule has 27 heavy (non-hydrogen) atoms. The van der Waals surface area contributed by atoms with E-state index in [-0.39, 0.29) is 17.3 Å². The van der Waals surface area contributed by atoms with Gasteiger partial charge in [-0.25, -0.2) is 8.42 Å². The van der Waals surface area contributed by atoms with Gasteiger partial charge in [-0.3, -0.25) is 0 Å². The van der Waals surface area contributed by atoms with Crippen molar-refractivity contribution in [1.29, 1.82) is 0 Å². The lowest BCUT2D eigenvalue weighted by Crippen LogP contribution is -2.35. The minimum absolute atomic E-state index is 0. The summed E-state index contributed by atoms with van der Waals surface area (Å²) in [6, 6.07) is 6.72. The summed E-state index contributed by atoms with van der Waals surface area (Å²) in [4.78, 5) is 4.72. The lowest BCUT2D eigenvalue weighted by molar-refractivity contribution is 0.346. The number of halogens is 1. The van der Waals surface area contributed by atoms with E-state index < -0.39 is 15.6 Å². The standard InChI is InChI=1S/C18H24N4O3S.ClH/c19-18(9-2-3-10-18)17-20-16(25-21-17)14-7-6-8-15(13-14)26(23,24)22-11-4-1-5-12-22;/h6-8,13H,1-5,9-12,19H2;1H. The van der Waals surface area contributed by atoms with Crippen LogP contribution < -0.4 is 5.73 Å². The van der Waals surface area contributed by atoms with Gasteiger partial charge in [-0.05, 0) is 43.9 Å². The maximum absolute atomic E-state index is 12.9. The van der Waals surface area contributed by atoms with E-state index in [1.807, 2.05) is 0 Å². The van der Waals surface area contributed by atoms with Gasteiger partial charge in [-0.2, -0.15) is 9.29 Å². The van der Waals surface area contributed by atoms with E-state index in [1.54, 1.807) is 28.6 Å². The van der Waals surface area contributed by atoms with Crippen molar-refractivity contribution in [3.63, 3.8) is 0 Å². The Kier molecular flexibility index (Phi) is 5.90. The van der Waals surface area contributed by atoms with Gasteiger partial charge in [0, 0.05) is 18.7 Å². The molecular formula is C18H25ClN4O3S. The average molecular weight is 413 g/mol. The van der Waals surface area contributed by atoms with Crippen LogP contribution in [0.1, 0.15) is 50.8 Å². The average Bonchev–Trinajstić information content (AvgIpc) is 3.33. The molecule has 2 aromatic rings. The summed E-state index contributed by atoms with van der Waals surface area (Å²) >= 11 is 0. The van der Waals surface area contributed by atoms with E-state index >= 15 is 0 Å². The largest absolute Gasteiger partial charge is 0.334 e. The van der Waals surface area contributed by atoms with Crippen LogP contribution in [0.5, 0.6) is 0 Å². The first-order valence-electron chi connectivity index (χ1n) is 9.23. The van der Waals surface area contributed by atoms with Gasteiger partial charge < -0.3 is 10.3 Å². The number of nitrogens with zero attached hydrogens (tertiary/aromatic N) is 3. The van der Waals surface area contributed by atoms with E-state index in [4.69, 9.17) is 10.3 Å². The normalized spacial score (nSPS) is 20.3. The van der Waals surface area contributed by atoms with Crippen molar-refractivity contribution in [2.45, 2.75) is 55.4 Å². The van der Waals surface area contributed by atoms with Crippen LogP contribution in [0, 0.1) is 0 Å². The number of rotatable bonds is 4. The molecule has 0 bridgehead atoms. The Labute approximate surface area is 165 Å². The summed E-state index contributed by atoms with van der Waals surface area (Å²) in [5, 5.41) is 4.06. The molecule has 1 saturated carbocycles. The van der Waals surface area contributed by atoms with Crippen LogP contribution in [0.15, 0.2) is 33.7 Å². The van der Waals surface area contributed by atoms with Crippen molar-refractivity contribution < 1.29 is 12.9 Å². The highest BCUT2D eigenvalue weighted by atomic mass is 35.5. The molecule has 0 spiro atoms. The van der Waals surface area contributed by atoms with E-state index in [0.29, 0.717) is 30.4 Å². The van der Waals surface area contributed by atoms with Crippen LogP contribution in [0.25, 0.3) is 11.5 Å². The van der Waals surface area contributed by atoms with Crippen LogP contribution in [-0.2, 0) is 15.6 Å². The van der Waals surface area contributed by atoms with Gasteiger partial charge in [0.05, 0.1) is 10.4 Å². The molecule has 1 saturated heterocycles. The second kappa shape index (κ2) is 7.87. The highest BCUT2D eigenvalue weighted by Crippen LogP contribution is 2.35. The minimum Gasteiger partial charge on any atom is -0.334 e. The van der Waals surface area contributed by atoms with Crippen LogP contribution in [0.4, 0.5) is 0 Å². The Hall–Kier alpha value is -1.48. The number of hydrogen-bond acceptors (Lipinski definition) is 6. The molecule has 0 radical (unpaired) electrons. The van der Waals surface area contributed by atoms with E-state index in [0.717, 1.165) is 44.9 Å². The Morgan fingerprint density at radius 2 is 1.78 bits per heavy atom. The summed E-state index contributed by atoms with van der Waals surface area (Å²) in [7, 11) is -3.49. The molecule has 1 aromatic carbocycles. The molecule has 0 unspecified atom stereocenters. The zero-order chi connectivity index (χ0) is 18.2. The summed E-state index contributed by atoms with van der Waals surface area (Å²) in [5.41, 5.74) is 6.45. The van der Waals surface area contributed by atoms with Crippen molar-refractivity contribution in [3.05, 3.63) is 30.1 Å². The quantitative estimate of drug-likeness (QED) is 0.827. The first-order chi connectivity index (χ1) is 12.5. The highest BCUT2D eigenvalue weighted by molar-refractivity contribution is 7.89. The third kappa shape index (κ3) is 3.89. The fraction of sp³-hybridized carbons (Fsp3) is 0.556. The van der Waals surface area contributed by atoms with Gasteiger partial charge in [0.15, 0.2) is 5.82 Å².